The lowest BCUT2D eigenvalue weighted by Crippen LogP contribution is -2.28. The molecule has 0 unspecified atom stereocenters. The van der Waals surface area contributed by atoms with Crippen molar-refractivity contribution in [2.24, 2.45) is 0 Å². The highest BCUT2D eigenvalue weighted by Crippen LogP contribution is 2.22. The van der Waals surface area contributed by atoms with E-state index in [1.165, 1.54) is 0 Å². The maximum Gasteiger partial charge on any atom is 0.224 e. The smallest absolute Gasteiger partial charge is 0.224 e. The third-order valence-corrected chi connectivity index (χ3v) is 3.06. The Balaban J connectivity index is 1.89. The van der Waals surface area contributed by atoms with Crippen molar-refractivity contribution in [3.63, 3.8) is 0 Å². The Labute approximate surface area is 117 Å². The second-order valence-corrected chi connectivity index (χ2v) is 4.71. The summed E-state index contributed by atoms with van der Waals surface area (Å²) in [6.45, 7) is 3.13. The molecule has 2 rings (SSSR count). The topological polar surface area (TPSA) is 71.3 Å². The third kappa shape index (κ3) is 3.60. The van der Waals surface area contributed by atoms with Crippen molar-refractivity contribution in [2.75, 3.05) is 13.1 Å². The van der Waals surface area contributed by atoms with Gasteiger partial charge in [-0.05, 0) is 25.5 Å². The minimum atomic E-state index is -0.0414. The minimum Gasteiger partial charge on any atom is -0.464 e. The second-order valence-electron chi connectivity index (χ2n) is 4.71. The molecule has 1 aromatic heterocycles. The molecule has 2 amide bonds. The van der Waals surface area contributed by atoms with Gasteiger partial charge in [0.2, 0.25) is 12.3 Å². The van der Waals surface area contributed by atoms with Gasteiger partial charge in [-0.1, -0.05) is 11.6 Å². The summed E-state index contributed by atoms with van der Waals surface area (Å²) in [5, 5.41) is 6.36. The lowest BCUT2D eigenvalue weighted by molar-refractivity contribution is -0.120. The van der Waals surface area contributed by atoms with Gasteiger partial charge in [0.05, 0.1) is 12.7 Å². The van der Waals surface area contributed by atoms with Crippen LogP contribution in [0, 0.1) is 6.92 Å². The quantitative estimate of drug-likeness (QED) is 0.594. The van der Waals surface area contributed by atoms with Gasteiger partial charge in [-0.3, -0.25) is 9.59 Å². The highest BCUT2D eigenvalue weighted by molar-refractivity contribution is 5.87. The molecule has 0 spiro atoms. The van der Waals surface area contributed by atoms with E-state index in [2.05, 4.69) is 10.6 Å². The Kier molecular flexibility index (Phi) is 4.76. The fraction of sp³-hybridized carbons (Fsp3) is 0.333. The molecule has 0 aliphatic rings. The van der Waals surface area contributed by atoms with Crippen molar-refractivity contribution in [2.45, 2.75) is 19.8 Å². The maximum atomic E-state index is 11.8. The molecule has 5 nitrogen and oxygen atoms in total. The number of fused-ring (bicyclic) bond motifs is 1. The monoisotopic (exact) mass is 274 g/mol. The zero-order valence-corrected chi connectivity index (χ0v) is 11.4. The van der Waals surface area contributed by atoms with E-state index in [-0.39, 0.29) is 5.91 Å². The molecule has 106 valence electrons. The number of hydrogen-bond acceptors (Lipinski definition) is 3. The summed E-state index contributed by atoms with van der Waals surface area (Å²) in [6, 6.07) is 5.92. The highest BCUT2D eigenvalue weighted by atomic mass is 16.3. The van der Waals surface area contributed by atoms with Crippen LogP contribution in [-0.4, -0.2) is 25.4 Å². The normalized spacial score (nSPS) is 10.4. The number of carbonyl (C=O) groups excluding carboxylic acids is 2. The molecular weight excluding hydrogens is 256 g/mol. The molecule has 2 aromatic rings. The predicted molar refractivity (Wildman–Crippen MR) is 76.3 cm³/mol. The lowest BCUT2D eigenvalue weighted by Gasteiger charge is -2.04. The van der Waals surface area contributed by atoms with E-state index in [1.54, 1.807) is 6.26 Å². The van der Waals surface area contributed by atoms with E-state index in [1.807, 2.05) is 25.1 Å². The Morgan fingerprint density at radius 2 is 2.20 bits per heavy atom. The van der Waals surface area contributed by atoms with Crippen molar-refractivity contribution >= 4 is 23.3 Å². The van der Waals surface area contributed by atoms with E-state index in [0.29, 0.717) is 25.9 Å². The van der Waals surface area contributed by atoms with Crippen molar-refractivity contribution < 1.29 is 14.0 Å². The zero-order chi connectivity index (χ0) is 14.4. The van der Waals surface area contributed by atoms with Gasteiger partial charge < -0.3 is 15.1 Å². The summed E-state index contributed by atoms with van der Waals surface area (Å²) in [6.07, 6.45) is 3.31. The van der Waals surface area contributed by atoms with Crippen LogP contribution in [0.5, 0.6) is 0 Å². The van der Waals surface area contributed by atoms with Gasteiger partial charge in [0.15, 0.2) is 0 Å². The van der Waals surface area contributed by atoms with Crippen LogP contribution in [-0.2, 0) is 16.0 Å². The van der Waals surface area contributed by atoms with Gasteiger partial charge >= 0.3 is 0 Å². The molecule has 0 bridgehead atoms. The molecule has 0 saturated heterocycles. The first-order chi connectivity index (χ1) is 9.70. The number of benzene rings is 1. The number of carbonyl (C=O) groups is 2. The van der Waals surface area contributed by atoms with Crippen molar-refractivity contribution in [3.8, 4) is 0 Å². The Bertz CT molecular complexity index is 604. The maximum absolute atomic E-state index is 11.8. The van der Waals surface area contributed by atoms with Gasteiger partial charge in [0, 0.05) is 24.0 Å². The number of furan rings is 1. The molecule has 0 radical (unpaired) electrons. The van der Waals surface area contributed by atoms with Gasteiger partial charge in [0.1, 0.15) is 5.58 Å². The molecule has 0 atom stereocenters. The molecule has 2 N–H and O–H groups in total. The molecule has 0 saturated carbocycles. The molecule has 0 aliphatic carbocycles. The fourth-order valence-electron chi connectivity index (χ4n) is 2.05. The van der Waals surface area contributed by atoms with Gasteiger partial charge in [0.25, 0.3) is 0 Å². The first-order valence-electron chi connectivity index (χ1n) is 6.61. The average molecular weight is 274 g/mol. The molecule has 5 heteroatoms. The van der Waals surface area contributed by atoms with Crippen LogP contribution in [0.15, 0.2) is 28.9 Å². The largest absolute Gasteiger partial charge is 0.464 e. The van der Waals surface area contributed by atoms with E-state index >= 15 is 0 Å². The van der Waals surface area contributed by atoms with Crippen LogP contribution in [0.25, 0.3) is 11.0 Å². The Hall–Kier alpha value is -2.30. The van der Waals surface area contributed by atoms with Gasteiger partial charge in [-0.15, -0.1) is 0 Å². The van der Waals surface area contributed by atoms with Crippen molar-refractivity contribution in [1.29, 1.82) is 0 Å². The highest BCUT2D eigenvalue weighted by Gasteiger charge is 2.10. The second kappa shape index (κ2) is 6.75. The lowest BCUT2D eigenvalue weighted by atomic mass is 10.1. The zero-order valence-electron chi connectivity index (χ0n) is 11.4. The first kappa shape index (κ1) is 14.1. The SMILES string of the molecule is Cc1ccc2occ(CC(=O)NCCCNC=O)c2c1. The van der Waals surface area contributed by atoms with E-state index in [9.17, 15) is 9.59 Å². The van der Waals surface area contributed by atoms with Crippen LogP contribution in [0.1, 0.15) is 17.5 Å². The number of amides is 2. The molecule has 1 aromatic carbocycles. The summed E-state index contributed by atoms with van der Waals surface area (Å²) in [7, 11) is 0. The summed E-state index contributed by atoms with van der Waals surface area (Å²) in [5.74, 6) is -0.0414. The van der Waals surface area contributed by atoms with E-state index in [0.717, 1.165) is 28.5 Å². The van der Waals surface area contributed by atoms with Crippen LogP contribution in [0.3, 0.4) is 0 Å². The number of aryl methyl sites for hydroxylation is 1. The summed E-state index contributed by atoms with van der Waals surface area (Å²) >= 11 is 0. The Morgan fingerprint density at radius 3 is 3.00 bits per heavy atom. The predicted octanol–water partition coefficient (Wildman–Crippen LogP) is 1.54. The molecular formula is C15H18N2O3. The summed E-state index contributed by atoms with van der Waals surface area (Å²) < 4.78 is 5.43. The minimum absolute atomic E-state index is 0.0414. The van der Waals surface area contributed by atoms with E-state index in [4.69, 9.17) is 4.42 Å². The first-order valence-corrected chi connectivity index (χ1v) is 6.61. The molecule has 1 heterocycles. The average Bonchev–Trinajstić information content (AvgIpc) is 2.81. The molecule has 0 fully saturated rings. The van der Waals surface area contributed by atoms with Crippen LogP contribution in [0.2, 0.25) is 0 Å². The van der Waals surface area contributed by atoms with Crippen LogP contribution < -0.4 is 10.6 Å². The van der Waals surface area contributed by atoms with Crippen molar-refractivity contribution in [1.82, 2.24) is 10.6 Å². The van der Waals surface area contributed by atoms with Crippen LogP contribution >= 0.6 is 0 Å². The number of hydrogen-bond donors (Lipinski definition) is 2. The Morgan fingerprint density at radius 1 is 1.35 bits per heavy atom. The summed E-state index contributed by atoms with van der Waals surface area (Å²) in [5.41, 5.74) is 2.83. The third-order valence-electron chi connectivity index (χ3n) is 3.06. The van der Waals surface area contributed by atoms with Gasteiger partial charge in [-0.25, -0.2) is 0 Å². The van der Waals surface area contributed by atoms with Crippen LogP contribution in [0.4, 0.5) is 0 Å². The number of nitrogens with one attached hydrogen (secondary N) is 2. The van der Waals surface area contributed by atoms with E-state index < -0.39 is 0 Å². The molecule has 20 heavy (non-hydrogen) atoms. The number of rotatable bonds is 7. The fourth-order valence-corrected chi connectivity index (χ4v) is 2.05. The van der Waals surface area contributed by atoms with Crippen molar-refractivity contribution in [3.05, 3.63) is 35.6 Å². The summed E-state index contributed by atoms with van der Waals surface area (Å²) in [4.78, 5) is 21.9. The van der Waals surface area contributed by atoms with Gasteiger partial charge in [-0.2, -0.15) is 0 Å². The standard InChI is InChI=1S/C15H18N2O3/c1-11-3-4-14-13(7-11)12(9-20-14)8-15(19)17-6-2-5-16-10-18/h3-4,7,9-10H,2,5-6,8H2,1H3,(H,16,18)(H,17,19). The molecule has 0 aliphatic heterocycles.